The zero-order valence-electron chi connectivity index (χ0n) is 17.5. The fraction of sp³-hybridized carbons (Fsp3) is 0.304. The average Bonchev–Trinajstić information content (AvgIpc) is 3.48. The fourth-order valence-electron chi connectivity index (χ4n) is 4.21. The van der Waals surface area contributed by atoms with Crippen LogP contribution in [0.15, 0.2) is 47.1 Å². The van der Waals surface area contributed by atoms with Crippen LogP contribution in [0.4, 0.5) is 8.78 Å². The van der Waals surface area contributed by atoms with E-state index in [1.807, 2.05) is 30.5 Å². The summed E-state index contributed by atoms with van der Waals surface area (Å²) in [6, 6.07) is 9.31. The fourth-order valence-corrected chi connectivity index (χ4v) is 4.21. The molecule has 3 heterocycles. The van der Waals surface area contributed by atoms with E-state index in [1.54, 1.807) is 4.52 Å². The molecule has 33 heavy (non-hydrogen) atoms. The van der Waals surface area contributed by atoms with Gasteiger partial charge < -0.3 is 14.9 Å². The Morgan fingerprint density at radius 3 is 2.64 bits per heavy atom. The minimum atomic E-state index is -1.16. The van der Waals surface area contributed by atoms with Crippen molar-refractivity contribution in [2.45, 2.75) is 31.6 Å². The van der Waals surface area contributed by atoms with Crippen LogP contribution < -0.4 is 5.32 Å². The molecular weight excluding hydrogens is 432 g/mol. The Bertz CT molecular complexity index is 1250. The second-order valence-corrected chi connectivity index (χ2v) is 8.27. The number of pyridine rings is 1. The van der Waals surface area contributed by atoms with E-state index in [0.29, 0.717) is 24.0 Å². The summed E-state index contributed by atoms with van der Waals surface area (Å²) in [7, 11) is 0. The monoisotopic (exact) mass is 453 g/mol. The Hall–Kier alpha value is -3.82. The molecular formula is C23H21F2N5O3. The van der Waals surface area contributed by atoms with Crippen molar-refractivity contribution in [3.05, 3.63) is 65.6 Å². The third-order valence-electron chi connectivity index (χ3n) is 6.07. The van der Waals surface area contributed by atoms with E-state index in [-0.39, 0.29) is 17.4 Å². The van der Waals surface area contributed by atoms with Crippen LogP contribution in [0.1, 0.15) is 47.8 Å². The van der Waals surface area contributed by atoms with E-state index < -0.39 is 23.3 Å². The first-order valence-electron chi connectivity index (χ1n) is 10.7. The zero-order valence-corrected chi connectivity index (χ0v) is 17.5. The van der Waals surface area contributed by atoms with Gasteiger partial charge in [0.15, 0.2) is 28.9 Å². The van der Waals surface area contributed by atoms with Crippen molar-refractivity contribution in [3.8, 4) is 17.3 Å². The van der Waals surface area contributed by atoms with Crippen LogP contribution in [-0.4, -0.2) is 37.3 Å². The summed E-state index contributed by atoms with van der Waals surface area (Å²) < 4.78 is 34.1. The molecule has 0 spiro atoms. The van der Waals surface area contributed by atoms with Crippen LogP contribution in [0.3, 0.4) is 0 Å². The lowest BCUT2D eigenvalue weighted by molar-refractivity contribution is 0.0941. The van der Waals surface area contributed by atoms with Crippen LogP contribution >= 0.6 is 0 Å². The first kappa shape index (κ1) is 21.0. The number of phenolic OH excluding ortho intramolecular Hbond substituents is 1. The van der Waals surface area contributed by atoms with Crippen molar-refractivity contribution in [2.24, 2.45) is 5.92 Å². The molecule has 5 rings (SSSR count). The lowest BCUT2D eigenvalue weighted by atomic mass is 9.81. The highest BCUT2D eigenvalue weighted by molar-refractivity contribution is 5.94. The number of nitrogens with one attached hydrogen (secondary N) is 1. The number of hydrogen-bond acceptors (Lipinski definition) is 6. The number of amides is 1. The normalized spacial score (nSPS) is 18.5. The predicted octanol–water partition coefficient (Wildman–Crippen LogP) is 4.07. The van der Waals surface area contributed by atoms with Crippen molar-refractivity contribution >= 4 is 11.4 Å². The van der Waals surface area contributed by atoms with Crippen molar-refractivity contribution in [2.75, 3.05) is 6.54 Å². The Balaban J connectivity index is 1.16. The predicted molar refractivity (Wildman–Crippen MR) is 114 cm³/mol. The Labute approximate surface area is 187 Å². The molecule has 1 saturated carbocycles. The van der Waals surface area contributed by atoms with Gasteiger partial charge in [-0.25, -0.2) is 13.3 Å². The molecule has 0 atom stereocenters. The topological polar surface area (TPSA) is 106 Å². The third kappa shape index (κ3) is 4.28. The smallest absolute Gasteiger partial charge is 0.278 e. The molecule has 1 aromatic carbocycles. The second-order valence-electron chi connectivity index (χ2n) is 8.27. The molecule has 1 aliphatic carbocycles. The Kier molecular flexibility index (Phi) is 5.49. The molecule has 0 bridgehead atoms. The minimum absolute atomic E-state index is 0.159. The summed E-state index contributed by atoms with van der Waals surface area (Å²) in [6.07, 6.45) is 5.23. The maximum atomic E-state index is 13.5. The van der Waals surface area contributed by atoms with Crippen LogP contribution in [0, 0.1) is 17.6 Å². The van der Waals surface area contributed by atoms with E-state index in [4.69, 9.17) is 9.63 Å². The van der Waals surface area contributed by atoms with Gasteiger partial charge in [-0.2, -0.15) is 10.1 Å². The maximum absolute atomic E-state index is 13.5. The largest absolute Gasteiger partial charge is 0.503 e. The number of rotatable bonds is 5. The lowest BCUT2D eigenvalue weighted by Gasteiger charge is -2.26. The summed E-state index contributed by atoms with van der Waals surface area (Å²) in [5.74, 6) is -2.56. The number of halogens is 2. The first-order chi connectivity index (χ1) is 16.0. The van der Waals surface area contributed by atoms with Crippen molar-refractivity contribution in [3.63, 3.8) is 0 Å². The van der Waals surface area contributed by atoms with Gasteiger partial charge in [0.2, 0.25) is 0 Å². The number of carbonyl (C=O) groups excluding carboxylic acids is 1. The van der Waals surface area contributed by atoms with E-state index in [1.165, 1.54) is 0 Å². The van der Waals surface area contributed by atoms with Gasteiger partial charge in [-0.05, 0) is 61.9 Å². The molecule has 170 valence electrons. The van der Waals surface area contributed by atoms with Crippen molar-refractivity contribution < 1.29 is 23.2 Å². The number of fused-ring (bicyclic) bond motifs is 1. The van der Waals surface area contributed by atoms with Gasteiger partial charge >= 0.3 is 0 Å². The maximum Gasteiger partial charge on any atom is 0.278 e. The molecule has 3 aromatic heterocycles. The molecule has 0 radical (unpaired) electrons. The molecule has 0 unspecified atom stereocenters. The average molecular weight is 453 g/mol. The summed E-state index contributed by atoms with van der Waals surface area (Å²) >= 11 is 0. The molecule has 0 aliphatic heterocycles. The minimum Gasteiger partial charge on any atom is -0.503 e. The van der Waals surface area contributed by atoms with E-state index in [2.05, 4.69) is 20.6 Å². The molecule has 1 fully saturated rings. The van der Waals surface area contributed by atoms with Crippen LogP contribution in [0.2, 0.25) is 0 Å². The van der Waals surface area contributed by atoms with E-state index >= 15 is 0 Å². The number of carbonyl (C=O) groups is 1. The highest BCUT2D eigenvalue weighted by atomic mass is 19.1. The highest BCUT2D eigenvalue weighted by Gasteiger charge is 2.27. The first-order valence-corrected chi connectivity index (χ1v) is 10.7. The van der Waals surface area contributed by atoms with Crippen LogP contribution in [-0.2, 0) is 0 Å². The van der Waals surface area contributed by atoms with Gasteiger partial charge in [0.25, 0.3) is 11.8 Å². The van der Waals surface area contributed by atoms with Crippen LogP contribution in [0.25, 0.3) is 17.1 Å². The number of aromatic hydroxyl groups is 1. The van der Waals surface area contributed by atoms with Gasteiger partial charge in [0, 0.05) is 24.2 Å². The van der Waals surface area contributed by atoms with E-state index in [0.717, 1.165) is 43.3 Å². The summed E-state index contributed by atoms with van der Waals surface area (Å²) in [5, 5.41) is 20.5. The SMILES string of the molecule is O=C(NC[C@H]1CC[C@H](c2noc(-c3cc4ccccn4n3)n2)CC1)c1cc(F)c(O)c(F)c1. The third-order valence-corrected chi connectivity index (χ3v) is 6.07. The molecule has 2 N–H and O–H groups in total. The number of nitrogens with zero attached hydrogens (tertiary/aromatic N) is 4. The number of benzene rings is 1. The summed E-state index contributed by atoms with van der Waals surface area (Å²) in [6.45, 7) is 0.397. The summed E-state index contributed by atoms with van der Waals surface area (Å²) in [5.41, 5.74) is 1.40. The van der Waals surface area contributed by atoms with Crippen molar-refractivity contribution in [1.82, 2.24) is 25.1 Å². The highest BCUT2D eigenvalue weighted by Crippen LogP contribution is 2.35. The molecule has 1 amide bonds. The zero-order chi connectivity index (χ0) is 22.9. The number of hydrogen-bond donors (Lipinski definition) is 2. The van der Waals surface area contributed by atoms with E-state index in [9.17, 15) is 13.6 Å². The molecule has 0 saturated heterocycles. The molecule has 10 heteroatoms. The number of phenols is 1. The standard InChI is InChI=1S/C23H21F2N5O3/c24-17-9-15(10-18(25)20(17)31)22(32)26-12-13-4-6-14(7-5-13)21-27-23(33-29-21)19-11-16-3-1-2-8-30(16)28-19/h1-3,8-11,13-14,31H,4-7,12H2,(H,26,32)/t13-,14-. The number of aromatic nitrogens is 4. The van der Waals surface area contributed by atoms with Gasteiger partial charge in [-0.3, -0.25) is 4.79 Å². The Morgan fingerprint density at radius 1 is 1.15 bits per heavy atom. The molecule has 4 aromatic rings. The Morgan fingerprint density at radius 2 is 1.91 bits per heavy atom. The lowest BCUT2D eigenvalue weighted by Crippen LogP contribution is -2.31. The molecule has 1 aliphatic rings. The van der Waals surface area contributed by atoms with Gasteiger partial charge in [0.05, 0.1) is 5.52 Å². The quantitative estimate of drug-likeness (QED) is 0.472. The van der Waals surface area contributed by atoms with Gasteiger partial charge in [0.1, 0.15) is 0 Å². The van der Waals surface area contributed by atoms with Gasteiger partial charge in [-0.15, -0.1) is 0 Å². The second kappa shape index (κ2) is 8.61. The summed E-state index contributed by atoms with van der Waals surface area (Å²) in [4.78, 5) is 16.8. The van der Waals surface area contributed by atoms with Crippen LogP contribution in [0.5, 0.6) is 5.75 Å². The molecule has 8 nitrogen and oxygen atoms in total. The van der Waals surface area contributed by atoms with Gasteiger partial charge in [-0.1, -0.05) is 11.2 Å². The van der Waals surface area contributed by atoms with Crippen molar-refractivity contribution in [1.29, 1.82) is 0 Å².